The second kappa shape index (κ2) is 8.34. The lowest BCUT2D eigenvalue weighted by Crippen LogP contribution is -2.45. The second-order valence-corrected chi connectivity index (χ2v) is 12.5. The van der Waals surface area contributed by atoms with Crippen molar-refractivity contribution in [3.63, 3.8) is 0 Å². The van der Waals surface area contributed by atoms with E-state index in [1.165, 1.54) is 12.1 Å². The van der Waals surface area contributed by atoms with E-state index in [2.05, 4.69) is 4.58 Å². The van der Waals surface area contributed by atoms with Crippen molar-refractivity contribution in [2.45, 2.75) is 35.5 Å². The van der Waals surface area contributed by atoms with E-state index in [9.17, 15) is 30.3 Å². The number of ether oxygens (including phenoxy) is 1. The van der Waals surface area contributed by atoms with Crippen LogP contribution in [0, 0.1) is 5.82 Å². The van der Waals surface area contributed by atoms with Crippen LogP contribution in [0.1, 0.15) is 35.1 Å². The first kappa shape index (κ1) is 24.5. The molecule has 0 aliphatic carbocycles. The summed E-state index contributed by atoms with van der Waals surface area (Å²) in [6.45, 7) is 1.82. The molecule has 3 aromatic rings. The number of halogens is 2. The predicted octanol–water partition coefficient (Wildman–Crippen LogP) is 2.71. The molecule has 0 atom stereocenters. The summed E-state index contributed by atoms with van der Waals surface area (Å²) in [4.78, 5) is -1.46. The van der Waals surface area contributed by atoms with Crippen molar-refractivity contribution >= 4 is 37.4 Å². The van der Waals surface area contributed by atoms with E-state index in [4.69, 9.17) is 16.3 Å². The van der Waals surface area contributed by atoms with Crippen LogP contribution in [0.4, 0.5) is 4.39 Å². The van der Waals surface area contributed by atoms with Gasteiger partial charge in [0.25, 0.3) is 20.2 Å². The first-order valence-corrected chi connectivity index (χ1v) is 14.8. The molecule has 0 unspecified atom stereocenters. The van der Waals surface area contributed by atoms with Crippen LogP contribution in [0.2, 0.25) is 5.02 Å². The van der Waals surface area contributed by atoms with Gasteiger partial charge in [0.05, 0.1) is 15.5 Å². The minimum absolute atomic E-state index is 0.0713. The van der Waals surface area contributed by atoms with Crippen LogP contribution in [0.25, 0.3) is 5.57 Å². The molecule has 2 N–H and O–H groups in total. The number of benzene rings is 3. The molecule has 3 heterocycles. The normalized spacial score (nSPS) is 16.5. The summed E-state index contributed by atoms with van der Waals surface area (Å²) in [6, 6.07) is 7.19. The SMILES string of the molecule is O=S(=O)(O)c1ccc(C2=c3cc4c5c(c3Oc3cc(Cl)c(F)cc32)CCC[N+]=5CCC4)c(S(=O)(=O)O)c1. The summed E-state index contributed by atoms with van der Waals surface area (Å²) in [5, 5.41) is 1.40. The molecular weight excluding hydrogens is 545 g/mol. The van der Waals surface area contributed by atoms with Gasteiger partial charge in [-0.2, -0.15) is 16.8 Å². The Labute approximate surface area is 216 Å². The fourth-order valence-electron chi connectivity index (χ4n) is 5.57. The molecule has 8 nitrogen and oxygen atoms in total. The van der Waals surface area contributed by atoms with Crippen LogP contribution < -0.4 is 19.9 Å². The van der Waals surface area contributed by atoms with Gasteiger partial charge in [0.1, 0.15) is 35.3 Å². The number of hydrogen-bond donors (Lipinski definition) is 2. The van der Waals surface area contributed by atoms with Crippen LogP contribution in [0.15, 0.2) is 46.2 Å². The lowest BCUT2D eigenvalue weighted by atomic mass is 9.87. The smallest absolute Gasteiger partial charge is 0.295 e. The maximum absolute atomic E-state index is 14.7. The third-order valence-corrected chi connectivity index (χ3v) is 9.08. The van der Waals surface area contributed by atoms with Crippen molar-refractivity contribution in [1.82, 2.24) is 4.58 Å². The van der Waals surface area contributed by atoms with E-state index in [-0.39, 0.29) is 27.5 Å². The molecular formula is C25H20ClFNO7S2+. The van der Waals surface area contributed by atoms with Gasteiger partial charge in [-0.05, 0) is 37.1 Å². The molecule has 0 bridgehead atoms. The first-order valence-electron chi connectivity index (χ1n) is 11.5. The van der Waals surface area contributed by atoms with Gasteiger partial charge < -0.3 is 4.74 Å². The van der Waals surface area contributed by atoms with E-state index in [0.717, 1.165) is 61.0 Å². The molecule has 12 heteroatoms. The topological polar surface area (TPSA) is 121 Å². The van der Waals surface area contributed by atoms with E-state index in [1.54, 1.807) is 0 Å². The Hall–Kier alpha value is -2.83. The maximum Gasteiger partial charge on any atom is 0.295 e. The molecule has 0 amide bonds. The quantitative estimate of drug-likeness (QED) is 0.290. The summed E-state index contributed by atoms with van der Waals surface area (Å²) in [7, 11) is -9.77. The van der Waals surface area contributed by atoms with Crippen molar-refractivity contribution in [1.29, 1.82) is 0 Å². The average Bonchev–Trinajstić information content (AvgIpc) is 2.83. The van der Waals surface area contributed by atoms with E-state index >= 15 is 0 Å². The van der Waals surface area contributed by atoms with Crippen molar-refractivity contribution in [2.75, 3.05) is 13.1 Å². The third kappa shape index (κ3) is 3.96. The molecule has 37 heavy (non-hydrogen) atoms. The van der Waals surface area contributed by atoms with Crippen molar-refractivity contribution < 1.29 is 35.1 Å². The molecule has 3 aromatic carbocycles. The van der Waals surface area contributed by atoms with Gasteiger partial charge in [-0.3, -0.25) is 9.11 Å². The van der Waals surface area contributed by atoms with Crippen LogP contribution in [0.3, 0.4) is 0 Å². The largest absolute Gasteiger partial charge is 0.455 e. The van der Waals surface area contributed by atoms with Gasteiger partial charge in [0.2, 0.25) is 5.36 Å². The van der Waals surface area contributed by atoms with Crippen molar-refractivity contribution in [3.8, 4) is 11.5 Å². The minimum atomic E-state index is -4.98. The zero-order valence-corrected chi connectivity index (χ0v) is 21.6. The highest BCUT2D eigenvalue weighted by Gasteiger charge is 2.33. The number of nitrogens with zero attached hydrogens (tertiary/aromatic N) is 1. The van der Waals surface area contributed by atoms with Gasteiger partial charge in [0.15, 0.2) is 0 Å². The molecule has 0 saturated heterocycles. The van der Waals surface area contributed by atoms with Crippen LogP contribution in [-0.4, -0.2) is 39.0 Å². The highest BCUT2D eigenvalue weighted by molar-refractivity contribution is 7.86. The number of aryl methyl sites for hydroxylation is 1. The van der Waals surface area contributed by atoms with Gasteiger partial charge in [-0.1, -0.05) is 17.7 Å². The Morgan fingerprint density at radius 3 is 2.35 bits per heavy atom. The monoisotopic (exact) mass is 564 g/mol. The van der Waals surface area contributed by atoms with Crippen LogP contribution >= 0.6 is 11.6 Å². The molecule has 0 aromatic heterocycles. The fraction of sp³-hybridized carbons (Fsp3) is 0.240. The summed E-state index contributed by atoms with van der Waals surface area (Å²) < 4.78 is 91.3. The first-order chi connectivity index (χ1) is 17.4. The third-order valence-electron chi connectivity index (χ3n) is 7.04. The summed E-state index contributed by atoms with van der Waals surface area (Å²) in [6.07, 6.45) is 3.32. The molecule has 6 rings (SSSR count). The Bertz CT molecular complexity index is 1880. The van der Waals surface area contributed by atoms with E-state index < -0.39 is 35.8 Å². The average molecular weight is 565 g/mol. The molecule has 0 radical (unpaired) electrons. The van der Waals surface area contributed by atoms with Gasteiger partial charge in [-0.15, -0.1) is 0 Å². The highest BCUT2D eigenvalue weighted by atomic mass is 35.5. The number of fused-ring (bicyclic) bond motifs is 3. The summed E-state index contributed by atoms with van der Waals surface area (Å²) in [5.74, 6) is -0.0905. The second-order valence-electron chi connectivity index (χ2n) is 9.28. The van der Waals surface area contributed by atoms with Crippen molar-refractivity contribution in [3.05, 3.63) is 80.1 Å². The minimum Gasteiger partial charge on any atom is -0.455 e. The highest BCUT2D eigenvalue weighted by Crippen LogP contribution is 2.42. The van der Waals surface area contributed by atoms with Gasteiger partial charge in [-0.25, -0.2) is 8.97 Å². The molecule has 0 spiro atoms. The summed E-state index contributed by atoms with van der Waals surface area (Å²) in [5.41, 5.74) is 2.35. The Kier molecular flexibility index (Phi) is 5.52. The van der Waals surface area contributed by atoms with E-state index in [1.807, 2.05) is 6.07 Å². The Morgan fingerprint density at radius 1 is 0.919 bits per heavy atom. The maximum atomic E-state index is 14.7. The molecule has 3 aliphatic heterocycles. The van der Waals surface area contributed by atoms with Crippen molar-refractivity contribution in [2.24, 2.45) is 0 Å². The van der Waals surface area contributed by atoms with E-state index in [0.29, 0.717) is 23.5 Å². The summed E-state index contributed by atoms with van der Waals surface area (Å²) >= 11 is 6.06. The lowest BCUT2D eigenvalue weighted by Gasteiger charge is -2.27. The number of hydrogen-bond acceptors (Lipinski definition) is 5. The number of rotatable bonds is 3. The van der Waals surface area contributed by atoms with Gasteiger partial charge in [0, 0.05) is 46.4 Å². The fourth-order valence-corrected chi connectivity index (χ4v) is 7.03. The Balaban J connectivity index is 1.82. The zero-order chi connectivity index (χ0) is 26.3. The van der Waals surface area contributed by atoms with Gasteiger partial charge >= 0.3 is 0 Å². The lowest BCUT2D eigenvalue weighted by molar-refractivity contribution is 0.436. The van der Waals surface area contributed by atoms with Crippen LogP contribution in [-0.2, 0) is 33.1 Å². The standard InChI is InChI=1S/C25H19ClFNO7S2/c26-19-12-21-17(11-20(19)27)23(15-6-5-14(36(29,30)31)10-22(15)37(32,33)34)18-9-13-3-1-7-28-8-2-4-16(24(13)28)25(18)35-21/h5-6,9-12H,1-4,7-8H2,(H-,29,30,31,32,33,34)/p+1. The predicted molar refractivity (Wildman–Crippen MR) is 132 cm³/mol. The zero-order valence-electron chi connectivity index (χ0n) is 19.2. The van der Waals surface area contributed by atoms with Crippen LogP contribution in [0.5, 0.6) is 11.5 Å². The molecule has 192 valence electrons. The molecule has 0 fully saturated rings. The Morgan fingerprint density at radius 2 is 1.65 bits per heavy atom. The molecule has 3 aliphatic rings. The molecule has 0 saturated carbocycles.